The zero-order chi connectivity index (χ0) is 34.6. The number of pyridine rings is 1. The van der Waals surface area contributed by atoms with Crippen LogP contribution >= 0.6 is 0 Å². The van der Waals surface area contributed by atoms with Gasteiger partial charge in [-0.25, -0.2) is 0 Å². The molecule has 1 unspecified atom stereocenters. The maximum absolute atomic E-state index is 14.0. The Kier molecular flexibility index (Phi) is 8.04. The van der Waals surface area contributed by atoms with E-state index in [9.17, 15) is 23.1 Å². The number of aryl methyl sites for hydroxylation is 1. The van der Waals surface area contributed by atoms with Crippen molar-refractivity contribution in [1.29, 1.82) is 0 Å². The molecule has 0 bridgehead atoms. The molecule has 8 rings (SSSR count). The zero-order valence-corrected chi connectivity index (χ0v) is 27.4. The summed E-state index contributed by atoms with van der Waals surface area (Å²) in [6.07, 6.45) is 2.20. The number of aliphatic hydroxyl groups excluding tert-OH is 1. The maximum Gasteiger partial charge on any atom is 0.433 e. The number of rotatable bonds is 7. The van der Waals surface area contributed by atoms with Gasteiger partial charge in [0.1, 0.15) is 23.3 Å². The summed E-state index contributed by atoms with van der Waals surface area (Å²) in [6, 6.07) is 16.3. The van der Waals surface area contributed by atoms with E-state index in [4.69, 9.17) is 0 Å². The standard InChI is InChI=1S/C36H36F3N9O2/c1-45-20-30(42-44-45)25-4-2-23(3-5-25)24-9-14-47(15-10-24)32(49)21-46-16-11-35(22-46)12-17-48(34(35)50)27-6-7-29-28(19-27)33(43-41-29)26-8-13-40-31(18-26)36(37,38)39/h2-9,13,18-20,32,49H,10-12,14-17,21-22H2,1H3,(H,41,43)/t32?,35-/m0/s1. The second kappa shape index (κ2) is 12.4. The summed E-state index contributed by atoms with van der Waals surface area (Å²) < 4.78 is 41.7. The van der Waals surface area contributed by atoms with Gasteiger partial charge in [0.25, 0.3) is 0 Å². The number of benzene rings is 2. The van der Waals surface area contributed by atoms with Gasteiger partial charge in [-0.15, -0.1) is 5.10 Å². The predicted octanol–water partition coefficient (Wildman–Crippen LogP) is 4.98. The molecule has 3 aliphatic rings. The van der Waals surface area contributed by atoms with Crippen LogP contribution in [0.1, 0.15) is 30.5 Å². The molecule has 50 heavy (non-hydrogen) atoms. The molecule has 14 heteroatoms. The van der Waals surface area contributed by atoms with E-state index < -0.39 is 23.5 Å². The number of nitrogens with one attached hydrogen (secondary N) is 1. The number of H-pyrrole nitrogens is 1. The second-order valence-electron chi connectivity index (χ2n) is 13.5. The molecule has 3 aliphatic heterocycles. The fraction of sp³-hybridized carbons (Fsp3) is 0.361. The number of halogens is 3. The molecule has 258 valence electrons. The van der Waals surface area contributed by atoms with Crippen LogP contribution in [-0.2, 0) is 18.0 Å². The van der Waals surface area contributed by atoms with Gasteiger partial charge >= 0.3 is 6.18 Å². The van der Waals surface area contributed by atoms with Crippen molar-refractivity contribution in [2.45, 2.75) is 31.7 Å². The fourth-order valence-corrected chi connectivity index (χ4v) is 7.58. The molecular weight excluding hydrogens is 647 g/mol. The number of hydrogen-bond acceptors (Lipinski definition) is 8. The molecule has 11 nitrogen and oxygen atoms in total. The summed E-state index contributed by atoms with van der Waals surface area (Å²) in [5.74, 6) is 0.0398. The molecule has 2 saturated heterocycles. The Morgan fingerprint density at radius 1 is 1.00 bits per heavy atom. The number of β-amino-alcohol motifs (C(OH)–C–C–N with tert-alkyl or cyclic N) is 1. The summed E-state index contributed by atoms with van der Waals surface area (Å²) in [6.45, 7) is 3.67. The SMILES string of the molecule is Cn1cc(-c2ccc(C3=CCN(C(O)CN4CC[C@]5(CCN(c6ccc7[nH]nc(-c8ccnc(C(F)(F)F)c8)c7c6)C5=O)C4)CC3)cc2)nn1. The first-order valence-electron chi connectivity index (χ1n) is 16.7. The Morgan fingerprint density at radius 3 is 2.54 bits per heavy atom. The van der Waals surface area contributed by atoms with E-state index in [1.165, 1.54) is 11.6 Å². The first-order chi connectivity index (χ1) is 24.1. The van der Waals surface area contributed by atoms with Crippen molar-refractivity contribution in [2.24, 2.45) is 12.5 Å². The summed E-state index contributed by atoms with van der Waals surface area (Å²) in [4.78, 5) is 23.5. The number of nitrogens with zero attached hydrogens (tertiary/aromatic N) is 8. The van der Waals surface area contributed by atoms with Gasteiger partial charge in [-0.1, -0.05) is 35.6 Å². The van der Waals surface area contributed by atoms with Gasteiger partial charge in [0.05, 0.1) is 17.1 Å². The van der Waals surface area contributed by atoms with E-state index in [2.05, 4.69) is 65.6 Å². The van der Waals surface area contributed by atoms with Crippen molar-refractivity contribution < 1.29 is 23.1 Å². The van der Waals surface area contributed by atoms with Crippen LogP contribution in [0.15, 0.2) is 73.1 Å². The van der Waals surface area contributed by atoms with E-state index in [1.807, 2.05) is 25.4 Å². The predicted molar refractivity (Wildman–Crippen MR) is 181 cm³/mol. The van der Waals surface area contributed by atoms with Gasteiger partial charge in [0.15, 0.2) is 0 Å². The van der Waals surface area contributed by atoms with Crippen molar-refractivity contribution >= 4 is 28.1 Å². The molecule has 2 atom stereocenters. The molecule has 0 saturated carbocycles. The zero-order valence-electron chi connectivity index (χ0n) is 27.4. The summed E-state index contributed by atoms with van der Waals surface area (Å²) in [5.41, 5.74) is 4.75. The van der Waals surface area contributed by atoms with Crippen LogP contribution in [0.4, 0.5) is 18.9 Å². The molecule has 6 heterocycles. The van der Waals surface area contributed by atoms with Gasteiger partial charge < -0.3 is 10.0 Å². The minimum atomic E-state index is -4.57. The number of amides is 1. The van der Waals surface area contributed by atoms with Gasteiger partial charge in [-0.05, 0) is 67.3 Å². The lowest BCUT2D eigenvalue weighted by molar-refractivity contribution is -0.141. The first kappa shape index (κ1) is 32.3. The Balaban J connectivity index is 0.901. The number of carbonyl (C=O) groups excluding carboxylic acids is 1. The summed E-state index contributed by atoms with van der Waals surface area (Å²) in [5, 5.41) is 27.2. The number of alkyl halides is 3. The van der Waals surface area contributed by atoms with E-state index in [0.717, 1.165) is 48.6 Å². The molecule has 2 aromatic carbocycles. The van der Waals surface area contributed by atoms with Crippen molar-refractivity contribution in [1.82, 2.24) is 40.0 Å². The van der Waals surface area contributed by atoms with Crippen LogP contribution in [-0.4, -0.2) is 96.5 Å². The molecule has 1 amide bonds. The number of fused-ring (bicyclic) bond motifs is 1. The minimum Gasteiger partial charge on any atom is -0.377 e. The van der Waals surface area contributed by atoms with E-state index in [1.54, 1.807) is 15.6 Å². The first-order valence-corrected chi connectivity index (χ1v) is 16.7. The van der Waals surface area contributed by atoms with Crippen molar-refractivity contribution in [2.75, 3.05) is 44.2 Å². The van der Waals surface area contributed by atoms with E-state index in [0.29, 0.717) is 66.9 Å². The highest BCUT2D eigenvalue weighted by atomic mass is 19.4. The van der Waals surface area contributed by atoms with E-state index in [-0.39, 0.29) is 5.91 Å². The molecule has 2 N–H and O–H groups in total. The Labute approximate surface area is 286 Å². The molecule has 0 radical (unpaired) electrons. The average molecular weight is 684 g/mol. The third-order valence-electron chi connectivity index (χ3n) is 10.4. The largest absolute Gasteiger partial charge is 0.433 e. The van der Waals surface area contributed by atoms with Crippen molar-refractivity contribution in [3.05, 3.63) is 84.3 Å². The van der Waals surface area contributed by atoms with Crippen LogP contribution in [0.2, 0.25) is 0 Å². The average Bonchev–Trinajstić information content (AvgIpc) is 3.92. The van der Waals surface area contributed by atoms with Crippen LogP contribution in [0, 0.1) is 5.41 Å². The molecular formula is C36H36F3N9O2. The Bertz CT molecular complexity index is 2090. The highest BCUT2D eigenvalue weighted by molar-refractivity contribution is 6.03. The van der Waals surface area contributed by atoms with E-state index >= 15 is 0 Å². The lowest BCUT2D eigenvalue weighted by Gasteiger charge is -2.33. The van der Waals surface area contributed by atoms with Gasteiger partial charge in [-0.2, -0.15) is 18.3 Å². The summed E-state index contributed by atoms with van der Waals surface area (Å²) in [7, 11) is 1.85. The molecule has 1 spiro atoms. The number of aliphatic hydroxyl groups is 1. The lowest BCUT2D eigenvalue weighted by atomic mass is 9.85. The van der Waals surface area contributed by atoms with Crippen molar-refractivity contribution in [3.63, 3.8) is 0 Å². The Morgan fingerprint density at radius 2 is 1.80 bits per heavy atom. The number of anilines is 1. The molecule has 0 aliphatic carbocycles. The number of carbonyl (C=O) groups is 1. The number of aromatic nitrogens is 6. The number of likely N-dealkylation sites (tertiary alicyclic amines) is 1. The smallest absolute Gasteiger partial charge is 0.377 e. The fourth-order valence-electron chi connectivity index (χ4n) is 7.58. The molecule has 2 fully saturated rings. The third-order valence-corrected chi connectivity index (χ3v) is 10.4. The van der Waals surface area contributed by atoms with Crippen LogP contribution in [0.3, 0.4) is 0 Å². The summed E-state index contributed by atoms with van der Waals surface area (Å²) >= 11 is 0. The van der Waals surface area contributed by atoms with Crippen molar-refractivity contribution in [3.8, 4) is 22.5 Å². The lowest BCUT2D eigenvalue weighted by Crippen LogP contribution is -2.46. The van der Waals surface area contributed by atoms with Crippen LogP contribution in [0.25, 0.3) is 39.0 Å². The van der Waals surface area contributed by atoms with Gasteiger partial charge in [-0.3, -0.25) is 29.4 Å². The second-order valence-corrected chi connectivity index (χ2v) is 13.5. The molecule has 3 aromatic heterocycles. The number of hydrogen-bond donors (Lipinski definition) is 2. The van der Waals surface area contributed by atoms with Crippen LogP contribution < -0.4 is 4.90 Å². The number of aromatic amines is 1. The highest BCUT2D eigenvalue weighted by Crippen LogP contribution is 2.43. The Hall–Kier alpha value is -4.92. The van der Waals surface area contributed by atoms with Crippen LogP contribution in [0.5, 0.6) is 0 Å². The monoisotopic (exact) mass is 683 g/mol. The topological polar surface area (TPSA) is 119 Å². The minimum absolute atomic E-state index is 0.0398. The highest BCUT2D eigenvalue weighted by Gasteiger charge is 2.51. The third kappa shape index (κ3) is 5.97. The van der Waals surface area contributed by atoms with Gasteiger partial charge in [0, 0.05) is 68.2 Å². The van der Waals surface area contributed by atoms with Gasteiger partial charge in [0.2, 0.25) is 5.91 Å². The maximum atomic E-state index is 14.0. The normalized spacial score (nSPS) is 21.1. The quantitative estimate of drug-likeness (QED) is 0.247. The molecule has 5 aromatic rings.